The van der Waals surface area contributed by atoms with Gasteiger partial charge in [0.15, 0.2) is 0 Å². The molecule has 174 valence electrons. The molecule has 34 heavy (non-hydrogen) atoms. The van der Waals surface area contributed by atoms with Gasteiger partial charge in [-0.05, 0) is 54.6 Å². The van der Waals surface area contributed by atoms with E-state index in [-0.39, 0.29) is 34.7 Å². The summed E-state index contributed by atoms with van der Waals surface area (Å²) in [6.45, 7) is 2.25. The number of benzene rings is 2. The first kappa shape index (κ1) is 23.1. The SMILES string of the molecule is COc1cc([N+](=O)[O-])ccc1-c1ccc(/C=C2\SC(=O)N(CCOc3cccc(C)c3)C2=O)o1. The number of nitrogens with zero attached hydrogens (tertiary/aromatic N) is 2. The van der Waals surface area contributed by atoms with E-state index in [0.29, 0.717) is 22.8 Å². The largest absolute Gasteiger partial charge is 0.496 e. The fraction of sp³-hybridized carbons (Fsp3) is 0.167. The van der Waals surface area contributed by atoms with Crippen LogP contribution >= 0.6 is 11.8 Å². The maximum Gasteiger partial charge on any atom is 0.293 e. The lowest BCUT2D eigenvalue weighted by Crippen LogP contribution is -2.32. The number of thioether (sulfide) groups is 1. The van der Waals surface area contributed by atoms with Gasteiger partial charge in [0, 0.05) is 12.1 Å². The molecule has 0 N–H and O–H groups in total. The fourth-order valence-electron chi connectivity index (χ4n) is 3.35. The van der Waals surface area contributed by atoms with E-state index in [2.05, 4.69) is 0 Å². The lowest BCUT2D eigenvalue weighted by molar-refractivity contribution is -0.384. The van der Waals surface area contributed by atoms with Gasteiger partial charge in [0.2, 0.25) is 0 Å². The number of hydrogen-bond acceptors (Lipinski definition) is 8. The van der Waals surface area contributed by atoms with Gasteiger partial charge >= 0.3 is 0 Å². The van der Waals surface area contributed by atoms with E-state index in [1.54, 1.807) is 12.1 Å². The summed E-state index contributed by atoms with van der Waals surface area (Å²) in [5, 5.41) is 10.6. The quantitative estimate of drug-likeness (QED) is 0.243. The Morgan fingerprint density at radius 3 is 2.71 bits per heavy atom. The predicted octanol–water partition coefficient (Wildman–Crippen LogP) is 5.29. The number of aryl methyl sites for hydroxylation is 1. The number of carbonyl (C=O) groups is 2. The second-order valence-corrected chi connectivity index (χ2v) is 8.34. The summed E-state index contributed by atoms with van der Waals surface area (Å²) in [5.74, 6) is 1.30. The normalized spacial score (nSPS) is 14.6. The molecule has 1 aliphatic rings. The number of carbonyl (C=O) groups excluding carboxylic acids is 2. The van der Waals surface area contributed by atoms with Crippen molar-refractivity contribution in [2.45, 2.75) is 6.92 Å². The highest BCUT2D eigenvalue weighted by molar-refractivity contribution is 8.18. The predicted molar refractivity (Wildman–Crippen MR) is 127 cm³/mol. The van der Waals surface area contributed by atoms with E-state index in [1.165, 1.54) is 31.4 Å². The maximum absolute atomic E-state index is 12.7. The van der Waals surface area contributed by atoms with Crippen LogP contribution in [0.25, 0.3) is 17.4 Å². The average molecular weight is 480 g/mol. The van der Waals surface area contributed by atoms with Gasteiger partial charge in [-0.2, -0.15) is 0 Å². The summed E-state index contributed by atoms with van der Waals surface area (Å²) in [7, 11) is 1.41. The zero-order valence-corrected chi connectivity index (χ0v) is 19.2. The van der Waals surface area contributed by atoms with Gasteiger partial charge in [0.25, 0.3) is 16.8 Å². The number of rotatable bonds is 8. The van der Waals surface area contributed by atoms with Crippen molar-refractivity contribution in [1.29, 1.82) is 0 Å². The molecule has 1 saturated heterocycles. The first-order chi connectivity index (χ1) is 16.4. The van der Waals surface area contributed by atoms with Gasteiger partial charge in [0.1, 0.15) is 29.6 Å². The monoisotopic (exact) mass is 480 g/mol. The number of hydrogen-bond donors (Lipinski definition) is 0. The summed E-state index contributed by atoms with van der Waals surface area (Å²) in [6, 6.07) is 15.0. The zero-order valence-electron chi connectivity index (χ0n) is 18.3. The molecule has 1 aliphatic heterocycles. The summed E-state index contributed by atoms with van der Waals surface area (Å²) in [5.41, 5.74) is 1.47. The molecule has 0 bridgehead atoms. The van der Waals surface area contributed by atoms with E-state index in [9.17, 15) is 19.7 Å². The number of nitro benzene ring substituents is 1. The first-order valence-electron chi connectivity index (χ1n) is 10.2. The molecule has 1 fully saturated rings. The van der Waals surface area contributed by atoms with Crippen molar-refractivity contribution in [2.24, 2.45) is 0 Å². The molecule has 0 aliphatic carbocycles. The number of ether oxygens (including phenoxy) is 2. The third kappa shape index (κ3) is 4.96. The molecule has 9 nitrogen and oxygen atoms in total. The van der Waals surface area contributed by atoms with Crippen molar-refractivity contribution in [3.8, 4) is 22.8 Å². The van der Waals surface area contributed by atoms with Crippen LogP contribution in [0.15, 0.2) is 63.9 Å². The number of nitro groups is 1. The van der Waals surface area contributed by atoms with Crippen LogP contribution in [0.1, 0.15) is 11.3 Å². The topological polar surface area (TPSA) is 112 Å². The molecule has 0 saturated carbocycles. The Bertz CT molecular complexity index is 1300. The number of methoxy groups -OCH3 is 1. The van der Waals surface area contributed by atoms with Crippen molar-refractivity contribution < 1.29 is 28.4 Å². The second kappa shape index (κ2) is 9.84. The van der Waals surface area contributed by atoms with E-state index < -0.39 is 10.8 Å². The lowest BCUT2D eigenvalue weighted by Gasteiger charge is -2.13. The summed E-state index contributed by atoms with van der Waals surface area (Å²) in [4.78, 5) is 36.9. The highest BCUT2D eigenvalue weighted by Gasteiger charge is 2.35. The van der Waals surface area contributed by atoms with Crippen molar-refractivity contribution >= 4 is 34.7 Å². The highest BCUT2D eigenvalue weighted by atomic mass is 32.2. The van der Waals surface area contributed by atoms with Crippen LogP contribution in [-0.4, -0.2) is 41.2 Å². The van der Waals surface area contributed by atoms with E-state index in [1.807, 2.05) is 31.2 Å². The van der Waals surface area contributed by atoms with Crippen LogP contribution in [0.3, 0.4) is 0 Å². The molecule has 0 atom stereocenters. The molecule has 2 heterocycles. The number of amides is 2. The van der Waals surface area contributed by atoms with Crippen molar-refractivity contribution in [1.82, 2.24) is 4.90 Å². The van der Waals surface area contributed by atoms with Crippen LogP contribution in [0, 0.1) is 17.0 Å². The molecular formula is C24H20N2O7S. The molecule has 0 radical (unpaired) electrons. The highest BCUT2D eigenvalue weighted by Crippen LogP contribution is 2.36. The molecule has 0 spiro atoms. The van der Waals surface area contributed by atoms with Gasteiger partial charge in [-0.25, -0.2) is 0 Å². The summed E-state index contributed by atoms with van der Waals surface area (Å²) >= 11 is 0.827. The standard InChI is InChI=1S/C24H20N2O7S/c1-15-4-3-5-17(12-15)32-11-10-25-23(27)22(34-24(25)28)14-18-7-9-20(33-18)19-8-6-16(26(29)30)13-21(19)31-2/h3-9,12-14H,10-11H2,1-2H3/b22-14-. The minimum absolute atomic E-state index is 0.104. The maximum atomic E-state index is 12.7. The number of furan rings is 1. The molecule has 2 amide bonds. The van der Waals surface area contributed by atoms with Gasteiger partial charge in [0.05, 0.1) is 35.1 Å². The molecule has 0 unspecified atom stereocenters. The molecule has 2 aromatic carbocycles. The van der Waals surface area contributed by atoms with E-state index in [0.717, 1.165) is 22.2 Å². The first-order valence-corrected chi connectivity index (χ1v) is 11.0. The van der Waals surface area contributed by atoms with Crippen molar-refractivity contribution in [3.63, 3.8) is 0 Å². The van der Waals surface area contributed by atoms with Gasteiger partial charge in [-0.15, -0.1) is 0 Å². The van der Waals surface area contributed by atoms with Crippen molar-refractivity contribution in [2.75, 3.05) is 20.3 Å². The molecule has 4 rings (SSSR count). The number of non-ortho nitro benzene ring substituents is 1. The van der Waals surface area contributed by atoms with Gasteiger partial charge < -0.3 is 13.9 Å². The Balaban J connectivity index is 1.45. The summed E-state index contributed by atoms with van der Waals surface area (Å²) in [6.07, 6.45) is 1.49. The fourth-order valence-corrected chi connectivity index (χ4v) is 4.20. The summed E-state index contributed by atoms with van der Waals surface area (Å²) < 4.78 is 16.7. The Labute approximate surface area is 199 Å². The van der Waals surface area contributed by atoms with Gasteiger partial charge in [-0.3, -0.25) is 24.6 Å². The van der Waals surface area contributed by atoms with Crippen LogP contribution in [-0.2, 0) is 4.79 Å². The second-order valence-electron chi connectivity index (χ2n) is 7.34. The third-order valence-corrected chi connectivity index (χ3v) is 5.92. The van der Waals surface area contributed by atoms with Crippen LogP contribution in [0.4, 0.5) is 10.5 Å². The molecule has 10 heteroatoms. The van der Waals surface area contributed by atoms with Gasteiger partial charge in [-0.1, -0.05) is 12.1 Å². The Morgan fingerprint density at radius 2 is 1.97 bits per heavy atom. The lowest BCUT2D eigenvalue weighted by atomic mass is 10.1. The van der Waals surface area contributed by atoms with E-state index in [4.69, 9.17) is 13.9 Å². The third-order valence-electron chi connectivity index (χ3n) is 5.01. The van der Waals surface area contributed by atoms with E-state index >= 15 is 0 Å². The minimum Gasteiger partial charge on any atom is -0.496 e. The van der Waals surface area contributed by atoms with Crippen LogP contribution in [0.5, 0.6) is 11.5 Å². The smallest absolute Gasteiger partial charge is 0.293 e. The molecule has 3 aromatic rings. The zero-order chi connectivity index (χ0) is 24.2. The van der Waals surface area contributed by atoms with Crippen LogP contribution in [0.2, 0.25) is 0 Å². The molecular weight excluding hydrogens is 460 g/mol. The molecule has 1 aromatic heterocycles. The van der Waals surface area contributed by atoms with Crippen LogP contribution < -0.4 is 9.47 Å². The Kier molecular flexibility index (Phi) is 6.69. The number of imide groups is 1. The minimum atomic E-state index is -0.512. The Hall–Kier alpha value is -4.05. The van der Waals surface area contributed by atoms with Crippen molar-refractivity contribution in [3.05, 3.63) is 80.9 Å². The Morgan fingerprint density at radius 1 is 1.15 bits per heavy atom. The average Bonchev–Trinajstić information content (AvgIpc) is 3.38.